The minimum Gasteiger partial charge on any atom is -0.465 e. The Morgan fingerprint density at radius 1 is 1.24 bits per heavy atom. The van der Waals surface area contributed by atoms with Gasteiger partial charge in [0.05, 0.1) is 25.8 Å². The van der Waals surface area contributed by atoms with E-state index in [0.29, 0.717) is 31.3 Å². The Hall–Kier alpha value is -1.88. The molecule has 5 heteroatoms. The smallest absolute Gasteiger partial charge is 0.337 e. The summed E-state index contributed by atoms with van der Waals surface area (Å²) in [6.07, 6.45) is 2.25. The number of hydrogen-bond donors (Lipinski definition) is 0. The lowest BCUT2D eigenvalue weighted by Gasteiger charge is -2.21. The molecule has 1 fully saturated rings. The van der Waals surface area contributed by atoms with Crippen LogP contribution in [0.5, 0.6) is 0 Å². The molecule has 0 unspecified atom stereocenters. The summed E-state index contributed by atoms with van der Waals surface area (Å²) in [6.45, 7) is 3.22. The van der Waals surface area contributed by atoms with Crippen molar-refractivity contribution < 1.29 is 19.1 Å². The molecular formula is C16H21NO4. The standard InChI is InChI=1S/C16H21NO4/c1-3-21-15(18)11-17(14-8-9-14)10-12-4-6-13(7-5-12)16(19)20-2/h4-7,14H,3,8-11H2,1-2H3. The Bertz CT molecular complexity index is 494. The molecule has 21 heavy (non-hydrogen) atoms. The van der Waals surface area contributed by atoms with E-state index < -0.39 is 0 Å². The van der Waals surface area contributed by atoms with Crippen LogP contribution in [0.1, 0.15) is 35.7 Å². The highest BCUT2D eigenvalue weighted by Crippen LogP contribution is 2.28. The lowest BCUT2D eigenvalue weighted by molar-refractivity contribution is -0.144. The van der Waals surface area contributed by atoms with E-state index in [0.717, 1.165) is 18.4 Å². The Morgan fingerprint density at radius 3 is 2.43 bits per heavy atom. The monoisotopic (exact) mass is 291 g/mol. The van der Waals surface area contributed by atoms with Gasteiger partial charge in [-0.25, -0.2) is 4.79 Å². The van der Waals surface area contributed by atoms with Crippen molar-refractivity contribution in [1.82, 2.24) is 4.90 Å². The van der Waals surface area contributed by atoms with Crippen molar-refractivity contribution in [1.29, 1.82) is 0 Å². The minimum absolute atomic E-state index is 0.185. The zero-order valence-electron chi connectivity index (χ0n) is 12.5. The van der Waals surface area contributed by atoms with Crippen LogP contribution < -0.4 is 0 Å². The molecule has 2 rings (SSSR count). The van der Waals surface area contributed by atoms with E-state index in [9.17, 15) is 9.59 Å². The van der Waals surface area contributed by atoms with Crippen LogP contribution in [0.15, 0.2) is 24.3 Å². The molecule has 1 aromatic carbocycles. The van der Waals surface area contributed by atoms with Crippen LogP contribution in [0.3, 0.4) is 0 Å². The van der Waals surface area contributed by atoms with Crippen molar-refractivity contribution >= 4 is 11.9 Å². The molecule has 0 bridgehead atoms. The molecule has 0 radical (unpaired) electrons. The predicted molar refractivity (Wildman–Crippen MR) is 77.8 cm³/mol. The Labute approximate surface area is 124 Å². The van der Waals surface area contributed by atoms with Crippen LogP contribution in [-0.2, 0) is 20.8 Å². The molecule has 0 aromatic heterocycles. The van der Waals surface area contributed by atoms with E-state index >= 15 is 0 Å². The number of benzene rings is 1. The SMILES string of the molecule is CCOC(=O)CN(Cc1ccc(C(=O)OC)cc1)C1CC1. The van der Waals surface area contributed by atoms with Gasteiger partial charge in [-0.05, 0) is 37.5 Å². The van der Waals surface area contributed by atoms with E-state index in [1.54, 1.807) is 12.1 Å². The highest BCUT2D eigenvalue weighted by molar-refractivity contribution is 5.89. The Balaban J connectivity index is 1.97. The fourth-order valence-electron chi connectivity index (χ4n) is 2.22. The second-order valence-electron chi connectivity index (χ2n) is 5.13. The molecule has 1 aliphatic rings. The van der Waals surface area contributed by atoms with E-state index in [1.807, 2.05) is 19.1 Å². The van der Waals surface area contributed by atoms with Crippen molar-refractivity contribution in [3.05, 3.63) is 35.4 Å². The lowest BCUT2D eigenvalue weighted by atomic mass is 10.1. The van der Waals surface area contributed by atoms with Crippen molar-refractivity contribution in [2.75, 3.05) is 20.3 Å². The summed E-state index contributed by atoms with van der Waals surface area (Å²) >= 11 is 0. The number of hydrogen-bond acceptors (Lipinski definition) is 5. The lowest BCUT2D eigenvalue weighted by Crippen LogP contribution is -2.32. The second kappa shape index (κ2) is 7.22. The molecular weight excluding hydrogens is 270 g/mol. The summed E-state index contributed by atoms with van der Waals surface area (Å²) in [5.74, 6) is -0.525. The fourth-order valence-corrected chi connectivity index (χ4v) is 2.22. The number of methoxy groups -OCH3 is 1. The van der Waals surface area contributed by atoms with Crippen LogP contribution in [0.4, 0.5) is 0 Å². The molecule has 5 nitrogen and oxygen atoms in total. The fraction of sp³-hybridized carbons (Fsp3) is 0.500. The van der Waals surface area contributed by atoms with Gasteiger partial charge in [0.2, 0.25) is 0 Å². The molecule has 0 aliphatic heterocycles. The maximum absolute atomic E-state index is 11.6. The number of nitrogens with zero attached hydrogens (tertiary/aromatic N) is 1. The van der Waals surface area contributed by atoms with Crippen molar-refractivity contribution in [2.24, 2.45) is 0 Å². The van der Waals surface area contributed by atoms with E-state index in [1.165, 1.54) is 7.11 Å². The third-order valence-electron chi connectivity index (χ3n) is 3.46. The average Bonchev–Trinajstić information content (AvgIpc) is 3.31. The molecule has 1 aliphatic carbocycles. The third-order valence-corrected chi connectivity index (χ3v) is 3.46. The molecule has 1 aromatic rings. The number of rotatable bonds is 7. The quantitative estimate of drug-likeness (QED) is 0.719. The molecule has 0 N–H and O–H groups in total. The van der Waals surface area contributed by atoms with Gasteiger partial charge < -0.3 is 9.47 Å². The first-order valence-electron chi connectivity index (χ1n) is 7.21. The number of esters is 2. The van der Waals surface area contributed by atoms with Crippen LogP contribution in [0.25, 0.3) is 0 Å². The Kier molecular flexibility index (Phi) is 5.33. The maximum atomic E-state index is 11.6. The average molecular weight is 291 g/mol. The summed E-state index contributed by atoms with van der Waals surface area (Å²) in [6, 6.07) is 7.75. The molecule has 0 heterocycles. The first-order chi connectivity index (χ1) is 10.1. The number of carbonyl (C=O) groups excluding carboxylic acids is 2. The van der Waals surface area contributed by atoms with Crippen LogP contribution in [-0.4, -0.2) is 43.1 Å². The van der Waals surface area contributed by atoms with Gasteiger partial charge in [-0.2, -0.15) is 0 Å². The van der Waals surface area contributed by atoms with Gasteiger partial charge in [0, 0.05) is 12.6 Å². The molecule has 1 saturated carbocycles. The van der Waals surface area contributed by atoms with Crippen LogP contribution in [0, 0.1) is 0 Å². The van der Waals surface area contributed by atoms with Gasteiger partial charge in [0.25, 0.3) is 0 Å². The first kappa shape index (κ1) is 15.5. The topological polar surface area (TPSA) is 55.8 Å². The summed E-state index contributed by atoms with van der Waals surface area (Å²) in [4.78, 5) is 25.2. The van der Waals surface area contributed by atoms with Crippen LogP contribution >= 0.6 is 0 Å². The van der Waals surface area contributed by atoms with Gasteiger partial charge in [-0.1, -0.05) is 12.1 Å². The minimum atomic E-state index is -0.341. The molecule has 0 spiro atoms. The second-order valence-corrected chi connectivity index (χ2v) is 5.13. The summed E-state index contributed by atoms with van der Waals surface area (Å²) in [7, 11) is 1.37. The van der Waals surface area contributed by atoms with E-state index in [4.69, 9.17) is 4.74 Å². The number of carbonyl (C=O) groups is 2. The largest absolute Gasteiger partial charge is 0.465 e. The number of ether oxygens (including phenoxy) is 2. The zero-order valence-corrected chi connectivity index (χ0v) is 12.5. The molecule has 114 valence electrons. The van der Waals surface area contributed by atoms with Crippen molar-refractivity contribution in [3.63, 3.8) is 0 Å². The zero-order chi connectivity index (χ0) is 15.2. The maximum Gasteiger partial charge on any atom is 0.337 e. The Morgan fingerprint density at radius 2 is 1.90 bits per heavy atom. The first-order valence-corrected chi connectivity index (χ1v) is 7.21. The molecule has 0 saturated heterocycles. The van der Waals surface area contributed by atoms with E-state index in [2.05, 4.69) is 9.64 Å². The van der Waals surface area contributed by atoms with Crippen LogP contribution in [0.2, 0.25) is 0 Å². The van der Waals surface area contributed by atoms with Gasteiger partial charge in [0.1, 0.15) is 0 Å². The van der Waals surface area contributed by atoms with Gasteiger partial charge >= 0.3 is 11.9 Å². The summed E-state index contributed by atoms with van der Waals surface area (Å²) < 4.78 is 9.69. The van der Waals surface area contributed by atoms with Gasteiger partial charge in [-0.3, -0.25) is 9.69 Å². The van der Waals surface area contributed by atoms with Gasteiger partial charge in [0.15, 0.2) is 0 Å². The molecule has 0 amide bonds. The van der Waals surface area contributed by atoms with E-state index in [-0.39, 0.29) is 11.9 Å². The summed E-state index contributed by atoms with van der Waals surface area (Å²) in [5.41, 5.74) is 1.60. The van der Waals surface area contributed by atoms with Gasteiger partial charge in [-0.15, -0.1) is 0 Å². The highest BCUT2D eigenvalue weighted by atomic mass is 16.5. The predicted octanol–water partition coefficient (Wildman–Crippen LogP) is 2.00. The molecule has 0 atom stereocenters. The third kappa shape index (κ3) is 4.56. The van der Waals surface area contributed by atoms with Crippen molar-refractivity contribution in [3.8, 4) is 0 Å². The normalized spacial score (nSPS) is 14.0. The summed E-state index contributed by atoms with van der Waals surface area (Å²) in [5, 5.41) is 0. The highest BCUT2D eigenvalue weighted by Gasteiger charge is 2.30. The van der Waals surface area contributed by atoms with Crippen molar-refractivity contribution in [2.45, 2.75) is 32.4 Å².